The molecule has 0 aromatic heterocycles. The van der Waals surface area contributed by atoms with Gasteiger partial charge in [-0.05, 0) is 48.9 Å². The molecule has 7 heteroatoms. The highest BCUT2D eigenvalue weighted by Gasteiger charge is 2.35. The minimum Gasteiger partial charge on any atom is -0.489 e. The maximum Gasteiger partial charge on any atom is 0.416 e. The van der Waals surface area contributed by atoms with Gasteiger partial charge < -0.3 is 15.2 Å². The molecule has 0 saturated carbocycles. The monoisotopic (exact) mass is 435 g/mol. The molecule has 1 saturated heterocycles. The van der Waals surface area contributed by atoms with E-state index in [4.69, 9.17) is 9.84 Å². The molecule has 0 aliphatic carbocycles. The summed E-state index contributed by atoms with van der Waals surface area (Å²) in [6.45, 7) is 0.295. The highest BCUT2D eigenvalue weighted by Crippen LogP contribution is 2.35. The predicted molar refractivity (Wildman–Crippen MR) is 112 cm³/mol. The van der Waals surface area contributed by atoms with Crippen LogP contribution >= 0.6 is 0 Å². The minimum atomic E-state index is -4.46. The number of hydrogen-bond donors (Lipinski definition) is 2. The molecular weight excluding hydrogens is 407 g/mol. The fourth-order valence-corrected chi connectivity index (χ4v) is 3.93. The van der Waals surface area contributed by atoms with E-state index in [2.05, 4.69) is 17.4 Å². The van der Waals surface area contributed by atoms with Gasteiger partial charge in [0.15, 0.2) is 0 Å². The van der Waals surface area contributed by atoms with Crippen LogP contribution in [0.2, 0.25) is 0 Å². The molecule has 2 aromatic carbocycles. The number of carboxylic acid groups (broad SMARTS) is 1. The topological polar surface area (TPSA) is 58.6 Å². The second-order valence-electron chi connectivity index (χ2n) is 7.99. The van der Waals surface area contributed by atoms with Gasteiger partial charge in [0.05, 0.1) is 5.56 Å². The van der Waals surface area contributed by atoms with Crippen LogP contribution in [-0.2, 0) is 23.8 Å². The van der Waals surface area contributed by atoms with E-state index in [1.807, 2.05) is 18.2 Å². The smallest absolute Gasteiger partial charge is 0.416 e. The normalized spacial score (nSPS) is 18.8. The first kappa shape index (κ1) is 23.1. The largest absolute Gasteiger partial charge is 0.489 e. The zero-order valence-electron chi connectivity index (χ0n) is 17.3. The lowest BCUT2D eigenvalue weighted by molar-refractivity contribution is -0.139. The number of aliphatic carboxylic acids is 1. The number of benzene rings is 2. The molecule has 168 valence electrons. The Labute approximate surface area is 180 Å². The van der Waals surface area contributed by atoms with Crippen molar-refractivity contribution < 1.29 is 27.8 Å². The number of carbonyl (C=O) groups is 1. The fraction of sp³-hybridized carbons (Fsp3) is 0.458. The summed E-state index contributed by atoms with van der Waals surface area (Å²) in [6.07, 6.45) is 0.245. The van der Waals surface area contributed by atoms with E-state index < -0.39 is 29.9 Å². The molecule has 31 heavy (non-hydrogen) atoms. The van der Waals surface area contributed by atoms with E-state index >= 15 is 0 Å². The summed E-state index contributed by atoms with van der Waals surface area (Å²) in [6, 6.07) is 13.5. The molecule has 2 aromatic rings. The molecule has 4 nitrogen and oxygen atoms in total. The Bertz CT molecular complexity index is 855. The number of aryl methyl sites for hydroxylation is 2. The number of unbranched alkanes of at least 4 members (excludes halogenated alkanes) is 3. The second kappa shape index (κ2) is 10.7. The van der Waals surface area contributed by atoms with Gasteiger partial charge in [0, 0.05) is 13.0 Å². The molecule has 2 N–H and O–H groups in total. The van der Waals surface area contributed by atoms with Crippen molar-refractivity contribution in [3.63, 3.8) is 0 Å². The average Bonchev–Trinajstić information content (AvgIpc) is 3.20. The Hall–Kier alpha value is -2.54. The highest BCUT2D eigenvalue weighted by molar-refractivity contribution is 5.73. The number of carboxylic acids is 1. The maximum absolute atomic E-state index is 13.6. The SMILES string of the molecule is O=C(O)[C@H]1C[C@H](Oc2ccc(CCCCCCc3ccccc3)c(C(F)(F)F)c2)CN1. The second-order valence-corrected chi connectivity index (χ2v) is 7.99. The summed E-state index contributed by atoms with van der Waals surface area (Å²) in [5.74, 6) is -0.863. The fourth-order valence-electron chi connectivity index (χ4n) is 3.93. The van der Waals surface area contributed by atoms with E-state index in [0.29, 0.717) is 19.4 Å². The lowest BCUT2D eigenvalue weighted by atomic mass is 9.99. The molecule has 0 bridgehead atoms. The van der Waals surface area contributed by atoms with Gasteiger partial charge in [-0.2, -0.15) is 13.2 Å². The molecule has 3 rings (SSSR count). The zero-order valence-corrected chi connectivity index (χ0v) is 17.3. The number of rotatable bonds is 10. The molecule has 0 radical (unpaired) electrons. The number of halogens is 3. The summed E-state index contributed by atoms with van der Waals surface area (Å²) in [4.78, 5) is 11.0. The molecule has 1 heterocycles. The van der Waals surface area contributed by atoms with Crippen molar-refractivity contribution in [2.45, 2.75) is 63.3 Å². The van der Waals surface area contributed by atoms with Crippen LogP contribution in [0.25, 0.3) is 0 Å². The zero-order chi connectivity index (χ0) is 22.3. The van der Waals surface area contributed by atoms with Crippen molar-refractivity contribution in [1.82, 2.24) is 5.32 Å². The maximum atomic E-state index is 13.6. The lowest BCUT2D eigenvalue weighted by Crippen LogP contribution is -2.30. The molecule has 1 aliphatic rings. The van der Waals surface area contributed by atoms with Crippen LogP contribution in [0.3, 0.4) is 0 Å². The molecule has 1 fully saturated rings. The Balaban J connectivity index is 1.51. The van der Waals surface area contributed by atoms with Crippen LogP contribution in [0.5, 0.6) is 5.75 Å². The molecule has 0 amide bonds. The predicted octanol–water partition coefficient (Wildman–Crippen LogP) is 5.24. The standard InChI is InChI=1S/C24H28F3NO3/c25-24(26,27)21-14-19(31-20-15-22(23(29)30)28-16-20)13-12-18(21)11-7-2-1-4-8-17-9-5-3-6-10-17/h3,5-6,9-10,12-14,20,22,28H,1-2,4,7-8,11,15-16H2,(H,29,30)/t20-,22+/m0/s1. The first-order valence-electron chi connectivity index (χ1n) is 10.7. The molecule has 1 aliphatic heterocycles. The number of ether oxygens (including phenoxy) is 1. The minimum absolute atomic E-state index is 0.122. The number of hydrogen-bond acceptors (Lipinski definition) is 3. The van der Waals surface area contributed by atoms with Crippen molar-refractivity contribution in [3.8, 4) is 5.75 Å². The van der Waals surface area contributed by atoms with Crippen LogP contribution < -0.4 is 10.1 Å². The van der Waals surface area contributed by atoms with Crippen molar-refractivity contribution >= 4 is 5.97 Å². The van der Waals surface area contributed by atoms with Crippen molar-refractivity contribution in [2.75, 3.05) is 6.54 Å². The van der Waals surface area contributed by atoms with Gasteiger partial charge in [0.25, 0.3) is 0 Å². The molecule has 0 spiro atoms. The van der Waals surface area contributed by atoms with Crippen LogP contribution in [0.15, 0.2) is 48.5 Å². The van der Waals surface area contributed by atoms with Crippen LogP contribution in [0.1, 0.15) is 48.8 Å². The molecular formula is C24H28F3NO3. The van der Waals surface area contributed by atoms with Gasteiger partial charge in [-0.25, -0.2) is 0 Å². The first-order valence-corrected chi connectivity index (χ1v) is 10.7. The summed E-state index contributed by atoms with van der Waals surface area (Å²) in [5.41, 5.74) is 0.885. The van der Waals surface area contributed by atoms with Crippen molar-refractivity contribution in [2.24, 2.45) is 0 Å². The quantitative estimate of drug-likeness (QED) is 0.501. The van der Waals surface area contributed by atoms with E-state index in [1.54, 1.807) is 6.07 Å². The van der Waals surface area contributed by atoms with Crippen molar-refractivity contribution in [3.05, 3.63) is 65.2 Å². The molecule has 0 unspecified atom stereocenters. The molecule has 2 atom stereocenters. The third-order valence-electron chi connectivity index (χ3n) is 5.58. The van der Waals surface area contributed by atoms with Gasteiger partial charge in [0.2, 0.25) is 0 Å². The number of nitrogens with one attached hydrogen (secondary N) is 1. The van der Waals surface area contributed by atoms with Crippen LogP contribution in [0, 0.1) is 0 Å². The van der Waals surface area contributed by atoms with E-state index in [0.717, 1.165) is 31.7 Å². The highest BCUT2D eigenvalue weighted by atomic mass is 19.4. The average molecular weight is 435 g/mol. The van der Waals surface area contributed by atoms with Crippen LogP contribution in [0.4, 0.5) is 13.2 Å². The van der Waals surface area contributed by atoms with Gasteiger partial charge in [-0.3, -0.25) is 4.79 Å². The third kappa shape index (κ3) is 6.99. The van der Waals surface area contributed by atoms with E-state index in [9.17, 15) is 18.0 Å². The third-order valence-corrected chi connectivity index (χ3v) is 5.58. The van der Waals surface area contributed by atoms with E-state index in [-0.39, 0.29) is 17.7 Å². The number of alkyl halides is 3. The van der Waals surface area contributed by atoms with Gasteiger partial charge in [0.1, 0.15) is 17.9 Å². The Kier molecular flexibility index (Phi) is 7.96. The van der Waals surface area contributed by atoms with Gasteiger partial charge in [-0.1, -0.05) is 49.2 Å². The summed E-state index contributed by atoms with van der Waals surface area (Å²) >= 11 is 0. The van der Waals surface area contributed by atoms with Crippen molar-refractivity contribution in [1.29, 1.82) is 0 Å². The first-order chi connectivity index (χ1) is 14.8. The lowest BCUT2D eigenvalue weighted by Gasteiger charge is -2.17. The van der Waals surface area contributed by atoms with Gasteiger partial charge in [-0.15, -0.1) is 0 Å². The Morgan fingerprint density at radius 3 is 2.39 bits per heavy atom. The summed E-state index contributed by atoms with van der Waals surface area (Å²) in [5, 5.41) is 11.8. The van der Waals surface area contributed by atoms with Gasteiger partial charge >= 0.3 is 12.1 Å². The van der Waals surface area contributed by atoms with Crippen LogP contribution in [-0.4, -0.2) is 29.8 Å². The summed E-state index contributed by atoms with van der Waals surface area (Å²) < 4.78 is 46.4. The summed E-state index contributed by atoms with van der Waals surface area (Å²) in [7, 11) is 0. The van der Waals surface area contributed by atoms with E-state index in [1.165, 1.54) is 11.6 Å². The Morgan fingerprint density at radius 2 is 1.74 bits per heavy atom. The Morgan fingerprint density at radius 1 is 1.03 bits per heavy atom.